The second kappa shape index (κ2) is 9.40. The maximum atomic E-state index is 13.2. The molecule has 1 aliphatic carbocycles. The molecule has 5 nitrogen and oxygen atoms in total. The van der Waals surface area contributed by atoms with Crippen LogP contribution in [0, 0.1) is 5.92 Å². The highest BCUT2D eigenvalue weighted by Gasteiger charge is 2.28. The van der Waals surface area contributed by atoms with Gasteiger partial charge in [-0.3, -0.25) is 4.79 Å². The molecular weight excluding hydrogens is 356 g/mol. The minimum absolute atomic E-state index is 0.0210. The maximum Gasteiger partial charge on any atom is 0.338 e. The number of ketones is 1. The first-order valence-electron chi connectivity index (χ1n) is 9.65. The lowest BCUT2D eigenvalue weighted by molar-refractivity contribution is 0.0594. The monoisotopic (exact) mass is 382 g/mol. The SMILES string of the molecule is COC(=O)c1cc(OC)c(OCc2ccccc2)cc1C(=O)C1CCCCC1. The van der Waals surface area contributed by atoms with Crippen LogP contribution < -0.4 is 9.47 Å². The zero-order chi connectivity index (χ0) is 19.9. The molecule has 2 aromatic rings. The fourth-order valence-electron chi connectivity index (χ4n) is 3.63. The van der Waals surface area contributed by atoms with Gasteiger partial charge in [0.25, 0.3) is 0 Å². The van der Waals surface area contributed by atoms with Crippen LogP contribution in [0.25, 0.3) is 0 Å². The zero-order valence-electron chi connectivity index (χ0n) is 16.4. The Bertz CT molecular complexity index is 822. The minimum Gasteiger partial charge on any atom is -0.493 e. The lowest BCUT2D eigenvalue weighted by atomic mass is 9.82. The van der Waals surface area contributed by atoms with Gasteiger partial charge in [0, 0.05) is 11.5 Å². The molecule has 0 saturated heterocycles. The van der Waals surface area contributed by atoms with Crippen molar-refractivity contribution in [3.05, 3.63) is 59.2 Å². The number of methoxy groups -OCH3 is 2. The fourth-order valence-corrected chi connectivity index (χ4v) is 3.63. The molecule has 0 bridgehead atoms. The van der Waals surface area contributed by atoms with Crippen LogP contribution >= 0.6 is 0 Å². The minimum atomic E-state index is -0.549. The number of rotatable bonds is 7. The van der Waals surface area contributed by atoms with Crippen LogP contribution in [0.4, 0.5) is 0 Å². The molecule has 0 atom stereocenters. The third-order valence-electron chi connectivity index (χ3n) is 5.19. The van der Waals surface area contributed by atoms with E-state index in [2.05, 4.69) is 0 Å². The van der Waals surface area contributed by atoms with E-state index in [-0.39, 0.29) is 17.3 Å². The molecule has 2 aromatic carbocycles. The number of carbonyl (C=O) groups is 2. The maximum absolute atomic E-state index is 13.2. The van der Waals surface area contributed by atoms with Crippen LogP contribution in [-0.4, -0.2) is 26.0 Å². The summed E-state index contributed by atoms with van der Waals surface area (Å²) in [4.78, 5) is 25.5. The predicted octanol–water partition coefficient (Wildman–Crippen LogP) is 4.82. The molecule has 148 valence electrons. The summed E-state index contributed by atoms with van der Waals surface area (Å²) in [5, 5.41) is 0. The van der Waals surface area contributed by atoms with Gasteiger partial charge in [0.2, 0.25) is 0 Å². The van der Waals surface area contributed by atoms with E-state index < -0.39 is 5.97 Å². The topological polar surface area (TPSA) is 61.8 Å². The Hall–Kier alpha value is -2.82. The molecular formula is C23H26O5. The van der Waals surface area contributed by atoms with Crippen LogP contribution in [0.2, 0.25) is 0 Å². The van der Waals surface area contributed by atoms with Crippen molar-refractivity contribution in [2.24, 2.45) is 5.92 Å². The lowest BCUT2D eigenvalue weighted by Crippen LogP contribution is -2.21. The van der Waals surface area contributed by atoms with Crippen LogP contribution in [0.1, 0.15) is 58.4 Å². The van der Waals surface area contributed by atoms with E-state index in [1.54, 1.807) is 12.1 Å². The number of benzene rings is 2. The standard InChI is InChI=1S/C23H26O5/c1-26-20-14-19(23(25)27-2)18(22(24)17-11-7-4-8-12-17)13-21(20)28-15-16-9-5-3-6-10-16/h3,5-6,9-10,13-14,17H,4,7-8,11-12,15H2,1-2H3. The quantitative estimate of drug-likeness (QED) is 0.507. The molecule has 0 N–H and O–H groups in total. The van der Waals surface area contributed by atoms with E-state index in [1.807, 2.05) is 30.3 Å². The molecule has 1 saturated carbocycles. The summed E-state index contributed by atoms with van der Waals surface area (Å²) in [7, 11) is 2.82. The van der Waals surface area contributed by atoms with E-state index in [0.29, 0.717) is 23.7 Å². The molecule has 0 unspecified atom stereocenters. The average molecular weight is 382 g/mol. The lowest BCUT2D eigenvalue weighted by Gasteiger charge is -2.22. The summed E-state index contributed by atoms with van der Waals surface area (Å²) in [6.07, 6.45) is 4.94. The number of ether oxygens (including phenoxy) is 3. The van der Waals surface area contributed by atoms with Crippen LogP contribution in [0.5, 0.6) is 11.5 Å². The van der Waals surface area contributed by atoms with Crippen molar-refractivity contribution in [3.8, 4) is 11.5 Å². The molecule has 5 heteroatoms. The summed E-state index contributed by atoms with van der Waals surface area (Å²) in [5.74, 6) is 0.210. The molecule has 3 rings (SSSR count). The van der Waals surface area contributed by atoms with Crippen LogP contribution in [-0.2, 0) is 11.3 Å². The fraction of sp³-hybridized carbons (Fsp3) is 0.391. The zero-order valence-corrected chi connectivity index (χ0v) is 16.4. The van der Waals surface area contributed by atoms with Crippen molar-refractivity contribution >= 4 is 11.8 Å². The van der Waals surface area contributed by atoms with E-state index in [4.69, 9.17) is 14.2 Å². The molecule has 0 aliphatic heterocycles. The van der Waals surface area contributed by atoms with Gasteiger partial charge in [-0.15, -0.1) is 0 Å². The van der Waals surface area contributed by atoms with Gasteiger partial charge < -0.3 is 14.2 Å². The first-order valence-corrected chi connectivity index (χ1v) is 9.65. The molecule has 0 amide bonds. The van der Waals surface area contributed by atoms with Gasteiger partial charge in [0.15, 0.2) is 17.3 Å². The summed E-state index contributed by atoms with van der Waals surface area (Å²) < 4.78 is 16.2. The van der Waals surface area contributed by atoms with Gasteiger partial charge in [-0.1, -0.05) is 49.6 Å². The molecule has 0 aromatic heterocycles. The van der Waals surface area contributed by atoms with Gasteiger partial charge in [-0.25, -0.2) is 4.79 Å². The Morgan fingerprint density at radius 3 is 2.25 bits per heavy atom. The van der Waals surface area contributed by atoms with Gasteiger partial charge in [0.05, 0.1) is 19.8 Å². The van der Waals surface area contributed by atoms with Crippen LogP contribution in [0.3, 0.4) is 0 Å². The summed E-state index contributed by atoms with van der Waals surface area (Å²) in [5.41, 5.74) is 1.58. The molecule has 0 radical (unpaired) electrons. The Morgan fingerprint density at radius 1 is 0.929 bits per heavy atom. The Labute approximate surface area is 165 Å². The Morgan fingerprint density at radius 2 is 1.61 bits per heavy atom. The Balaban J connectivity index is 1.94. The van der Waals surface area contributed by atoms with Gasteiger partial charge in [-0.05, 0) is 30.5 Å². The van der Waals surface area contributed by atoms with E-state index in [0.717, 1.165) is 37.7 Å². The number of Topliss-reactive ketones (excluding diaryl/α,β-unsaturated/α-hetero) is 1. The van der Waals surface area contributed by atoms with Crippen molar-refractivity contribution in [1.29, 1.82) is 0 Å². The Kier molecular flexibility index (Phi) is 6.69. The molecule has 1 fully saturated rings. The molecule has 28 heavy (non-hydrogen) atoms. The van der Waals surface area contributed by atoms with Gasteiger partial charge >= 0.3 is 5.97 Å². The summed E-state index contributed by atoms with van der Waals surface area (Å²) in [6.45, 7) is 0.339. The second-order valence-electron chi connectivity index (χ2n) is 7.01. The van der Waals surface area contributed by atoms with Gasteiger partial charge in [0.1, 0.15) is 6.61 Å². The highest BCUT2D eigenvalue weighted by molar-refractivity contribution is 6.08. The third-order valence-corrected chi connectivity index (χ3v) is 5.19. The number of hydrogen-bond donors (Lipinski definition) is 0. The average Bonchev–Trinajstić information content (AvgIpc) is 2.77. The van der Waals surface area contributed by atoms with E-state index >= 15 is 0 Å². The highest BCUT2D eigenvalue weighted by Crippen LogP contribution is 2.35. The van der Waals surface area contributed by atoms with Crippen molar-refractivity contribution in [3.63, 3.8) is 0 Å². The first-order chi connectivity index (χ1) is 13.6. The highest BCUT2D eigenvalue weighted by atomic mass is 16.5. The number of carbonyl (C=O) groups excluding carboxylic acids is 2. The van der Waals surface area contributed by atoms with Gasteiger partial charge in [-0.2, -0.15) is 0 Å². The van der Waals surface area contributed by atoms with Crippen LogP contribution in [0.15, 0.2) is 42.5 Å². The summed E-state index contributed by atoms with van der Waals surface area (Å²) in [6, 6.07) is 12.9. The molecule has 0 spiro atoms. The van der Waals surface area contributed by atoms with Crippen molar-refractivity contribution in [2.75, 3.05) is 14.2 Å². The van der Waals surface area contributed by atoms with E-state index in [9.17, 15) is 9.59 Å². The second-order valence-corrected chi connectivity index (χ2v) is 7.01. The predicted molar refractivity (Wildman–Crippen MR) is 106 cm³/mol. The van der Waals surface area contributed by atoms with E-state index in [1.165, 1.54) is 14.2 Å². The smallest absolute Gasteiger partial charge is 0.338 e. The normalized spacial score (nSPS) is 14.4. The molecule has 1 aliphatic rings. The van der Waals surface area contributed by atoms with Crippen molar-refractivity contribution < 1.29 is 23.8 Å². The largest absolute Gasteiger partial charge is 0.493 e. The van der Waals surface area contributed by atoms with Crippen molar-refractivity contribution in [2.45, 2.75) is 38.7 Å². The first kappa shape index (κ1) is 19.9. The van der Waals surface area contributed by atoms with Crippen molar-refractivity contribution in [1.82, 2.24) is 0 Å². The number of esters is 1. The number of hydrogen-bond acceptors (Lipinski definition) is 5. The molecule has 0 heterocycles. The third kappa shape index (κ3) is 4.53. The summed E-state index contributed by atoms with van der Waals surface area (Å²) >= 11 is 0.